The minimum atomic E-state index is -2.37. The van der Waals surface area contributed by atoms with Crippen molar-refractivity contribution in [2.75, 3.05) is 0 Å². The molecule has 1 aromatic heterocycles. The van der Waals surface area contributed by atoms with E-state index in [1.165, 1.54) is 4.68 Å². The third-order valence-electron chi connectivity index (χ3n) is 2.11. The van der Waals surface area contributed by atoms with Crippen LogP contribution in [0, 0.1) is 0 Å². The molecule has 0 saturated heterocycles. The summed E-state index contributed by atoms with van der Waals surface area (Å²) in [5, 5.41) is 3.97. The summed E-state index contributed by atoms with van der Waals surface area (Å²) in [6, 6.07) is 1.70. The third kappa shape index (κ3) is 4.38. The highest BCUT2D eigenvalue weighted by Gasteiger charge is 2.06. The predicted molar refractivity (Wildman–Crippen MR) is 52.8 cm³/mol. The van der Waals surface area contributed by atoms with Gasteiger partial charge in [-0.3, -0.25) is 4.68 Å². The molecule has 15 heavy (non-hydrogen) atoms. The van der Waals surface area contributed by atoms with Gasteiger partial charge in [0.1, 0.15) is 6.54 Å². The van der Waals surface area contributed by atoms with E-state index in [9.17, 15) is 8.78 Å². The minimum Gasteiger partial charge on any atom is -0.372 e. The van der Waals surface area contributed by atoms with Crippen LogP contribution in [0.3, 0.4) is 0 Å². The molecule has 1 heterocycles. The van der Waals surface area contributed by atoms with Crippen LogP contribution in [0.2, 0.25) is 0 Å². The fourth-order valence-corrected chi connectivity index (χ4v) is 1.07. The fourth-order valence-electron chi connectivity index (χ4n) is 1.07. The van der Waals surface area contributed by atoms with E-state index >= 15 is 0 Å². The largest absolute Gasteiger partial charge is 0.372 e. The lowest BCUT2D eigenvalue weighted by atomic mass is 10.3. The summed E-state index contributed by atoms with van der Waals surface area (Å²) >= 11 is 0. The molecule has 0 aliphatic heterocycles. The number of aromatic nitrogens is 2. The van der Waals surface area contributed by atoms with Crippen LogP contribution < -0.4 is 0 Å². The lowest BCUT2D eigenvalue weighted by Crippen LogP contribution is -2.09. The lowest BCUT2D eigenvalue weighted by Gasteiger charge is -2.08. The van der Waals surface area contributed by atoms with Gasteiger partial charge in [0.2, 0.25) is 0 Å². The molecule has 0 fully saturated rings. The number of rotatable bonds is 6. The van der Waals surface area contributed by atoms with Crippen LogP contribution in [-0.2, 0) is 17.9 Å². The monoisotopic (exact) mass is 218 g/mol. The molecule has 0 aliphatic carbocycles. The summed E-state index contributed by atoms with van der Waals surface area (Å²) in [6.45, 7) is 4.02. The van der Waals surface area contributed by atoms with Gasteiger partial charge >= 0.3 is 0 Å². The molecule has 5 heteroatoms. The van der Waals surface area contributed by atoms with Crippen LogP contribution in [-0.4, -0.2) is 22.3 Å². The van der Waals surface area contributed by atoms with Crippen molar-refractivity contribution in [2.24, 2.45) is 0 Å². The van der Waals surface area contributed by atoms with Gasteiger partial charge in [-0.25, -0.2) is 8.78 Å². The maximum absolute atomic E-state index is 12.0. The predicted octanol–water partition coefficient (Wildman–Crippen LogP) is 2.46. The van der Waals surface area contributed by atoms with E-state index in [4.69, 9.17) is 4.74 Å². The van der Waals surface area contributed by atoms with Crippen molar-refractivity contribution >= 4 is 0 Å². The summed E-state index contributed by atoms with van der Waals surface area (Å²) in [6.07, 6.45) is 0.276. The smallest absolute Gasteiger partial charge is 0.257 e. The van der Waals surface area contributed by atoms with Crippen molar-refractivity contribution in [3.8, 4) is 0 Å². The number of ether oxygens (including phenoxy) is 1. The van der Waals surface area contributed by atoms with Gasteiger partial charge in [0.25, 0.3) is 6.43 Å². The lowest BCUT2D eigenvalue weighted by molar-refractivity contribution is 0.0481. The quantitative estimate of drug-likeness (QED) is 0.733. The van der Waals surface area contributed by atoms with E-state index in [1.54, 1.807) is 12.3 Å². The Labute approximate surface area is 88.0 Å². The van der Waals surface area contributed by atoms with E-state index in [0.717, 1.165) is 6.42 Å². The Morgan fingerprint density at radius 2 is 2.27 bits per heavy atom. The third-order valence-corrected chi connectivity index (χ3v) is 2.11. The Morgan fingerprint density at radius 3 is 2.87 bits per heavy atom. The van der Waals surface area contributed by atoms with Gasteiger partial charge in [-0.1, -0.05) is 6.92 Å². The Kier molecular flexibility index (Phi) is 4.68. The highest BCUT2D eigenvalue weighted by Crippen LogP contribution is 2.04. The fraction of sp³-hybridized carbons (Fsp3) is 0.700. The summed E-state index contributed by atoms with van der Waals surface area (Å²) in [4.78, 5) is 0. The molecule has 0 spiro atoms. The molecule has 0 bridgehead atoms. The van der Waals surface area contributed by atoms with Gasteiger partial charge in [0.05, 0.1) is 18.4 Å². The number of hydrogen-bond donors (Lipinski definition) is 0. The first-order valence-electron chi connectivity index (χ1n) is 5.04. The van der Waals surface area contributed by atoms with Crippen molar-refractivity contribution in [1.82, 2.24) is 9.78 Å². The van der Waals surface area contributed by atoms with E-state index in [-0.39, 0.29) is 12.6 Å². The van der Waals surface area contributed by atoms with E-state index in [1.807, 2.05) is 13.8 Å². The van der Waals surface area contributed by atoms with Crippen LogP contribution in [0.4, 0.5) is 8.78 Å². The molecule has 0 N–H and O–H groups in total. The molecule has 0 unspecified atom stereocenters. The molecule has 0 amide bonds. The van der Waals surface area contributed by atoms with Crippen LogP contribution in [0.15, 0.2) is 12.3 Å². The topological polar surface area (TPSA) is 27.1 Å². The zero-order valence-corrected chi connectivity index (χ0v) is 8.99. The molecule has 1 atom stereocenters. The normalized spacial score (nSPS) is 13.4. The highest BCUT2D eigenvalue weighted by atomic mass is 19.3. The van der Waals surface area contributed by atoms with Crippen molar-refractivity contribution in [2.45, 2.75) is 45.9 Å². The van der Waals surface area contributed by atoms with Gasteiger partial charge in [0.15, 0.2) is 0 Å². The Bertz CT molecular complexity index is 289. The van der Waals surface area contributed by atoms with Crippen molar-refractivity contribution in [1.29, 1.82) is 0 Å². The van der Waals surface area contributed by atoms with Crippen LogP contribution in [0.1, 0.15) is 26.0 Å². The average molecular weight is 218 g/mol. The number of hydrogen-bond acceptors (Lipinski definition) is 2. The van der Waals surface area contributed by atoms with Crippen LogP contribution >= 0.6 is 0 Å². The second kappa shape index (κ2) is 5.80. The average Bonchev–Trinajstić information content (AvgIpc) is 2.61. The Hall–Kier alpha value is -0.970. The molecule has 86 valence electrons. The summed E-state index contributed by atoms with van der Waals surface area (Å²) in [5.74, 6) is 0. The van der Waals surface area contributed by atoms with E-state index in [2.05, 4.69) is 5.10 Å². The molecule has 1 aromatic rings. The van der Waals surface area contributed by atoms with Gasteiger partial charge < -0.3 is 4.74 Å². The molecule has 3 nitrogen and oxygen atoms in total. The zero-order valence-electron chi connectivity index (χ0n) is 8.99. The summed E-state index contributed by atoms with van der Waals surface area (Å²) in [7, 11) is 0. The van der Waals surface area contributed by atoms with E-state index < -0.39 is 6.43 Å². The SMILES string of the molecule is CC[C@@H](C)OCc1ccn(CC(F)F)n1. The zero-order chi connectivity index (χ0) is 11.3. The van der Waals surface area contributed by atoms with Gasteiger partial charge in [0, 0.05) is 6.20 Å². The van der Waals surface area contributed by atoms with Crippen molar-refractivity contribution in [3.63, 3.8) is 0 Å². The maximum Gasteiger partial charge on any atom is 0.257 e. The first kappa shape index (κ1) is 12.1. The first-order valence-corrected chi connectivity index (χ1v) is 5.04. The number of nitrogens with zero attached hydrogens (tertiary/aromatic N) is 2. The van der Waals surface area contributed by atoms with Gasteiger partial charge in [-0.2, -0.15) is 5.10 Å². The Morgan fingerprint density at radius 1 is 1.53 bits per heavy atom. The minimum absolute atomic E-state index is 0.172. The number of alkyl halides is 2. The highest BCUT2D eigenvalue weighted by molar-refractivity contribution is 4.97. The maximum atomic E-state index is 12.0. The molecular formula is C10H16F2N2O. The summed E-state index contributed by atoms with van der Waals surface area (Å²) in [5.41, 5.74) is 0.691. The molecule has 0 aromatic carbocycles. The summed E-state index contributed by atoms with van der Waals surface area (Å²) < 4.78 is 30.7. The van der Waals surface area contributed by atoms with Crippen LogP contribution in [0.25, 0.3) is 0 Å². The molecular weight excluding hydrogens is 202 g/mol. The second-order valence-corrected chi connectivity index (χ2v) is 3.45. The van der Waals surface area contributed by atoms with E-state index in [0.29, 0.717) is 12.3 Å². The first-order chi connectivity index (χ1) is 7.11. The van der Waals surface area contributed by atoms with Crippen molar-refractivity contribution < 1.29 is 13.5 Å². The van der Waals surface area contributed by atoms with Gasteiger partial charge in [-0.05, 0) is 19.4 Å². The standard InChI is InChI=1S/C10H16F2N2O/c1-3-8(2)15-7-9-4-5-14(13-9)6-10(11)12/h4-5,8,10H,3,6-7H2,1-2H3/t8-/m1/s1. The molecule has 0 saturated carbocycles. The Balaban J connectivity index is 2.39. The molecule has 0 radical (unpaired) electrons. The van der Waals surface area contributed by atoms with Crippen LogP contribution in [0.5, 0.6) is 0 Å². The molecule has 1 rings (SSSR count). The van der Waals surface area contributed by atoms with Crippen molar-refractivity contribution in [3.05, 3.63) is 18.0 Å². The second-order valence-electron chi connectivity index (χ2n) is 3.45. The molecule has 0 aliphatic rings. The number of halogens is 2. The van der Waals surface area contributed by atoms with Gasteiger partial charge in [-0.15, -0.1) is 0 Å².